The van der Waals surface area contributed by atoms with Crippen molar-refractivity contribution in [3.8, 4) is 0 Å². The number of thiol groups is 2. The zero-order valence-corrected chi connectivity index (χ0v) is 13.1. The Labute approximate surface area is 130 Å². The van der Waals surface area contributed by atoms with Gasteiger partial charge in [0.15, 0.2) is 0 Å². The van der Waals surface area contributed by atoms with E-state index in [1.807, 2.05) is 0 Å². The summed E-state index contributed by atoms with van der Waals surface area (Å²) in [4.78, 5) is 19.1. The average molecular weight is 328 g/mol. The molecule has 1 aliphatic rings. The molecule has 0 atom stereocenters. The van der Waals surface area contributed by atoms with Crippen molar-refractivity contribution in [1.82, 2.24) is 0 Å². The lowest BCUT2D eigenvalue weighted by atomic mass is 9.95. The van der Waals surface area contributed by atoms with Gasteiger partial charge in [0.1, 0.15) is 0 Å². The summed E-state index contributed by atoms with van der Waals surface area (Å²) in [6.45, 7) is 0. The van der Waals surface area contributed by atoms with Crippen LogP contribution in [0.4, 0.5) is 0 Å². The van der Waals surface area contributed by atoms with Crippen LogP contribution in [-0.4, -0.2) is 56.1 Å². The van der Waals surface area contributed by atoms with Gasteiger partial charge in [-0.3, -0.25) is 9.59 Å². The van der Waals surface area contributed by atoms with Crippen molar-refractivity contribution in [3.05, 3.63) is 0 Å². The van der Waals surface area contributed by atoms with Crippen LogP contribution in [0.3, 0.4) is 0 Å². The van der Waals surface area contributed by atoms with Crippen LogP contribution in [0.25, 0.3) is 0 Å². The first-order valence-corrected chi connectivity index (χ1v) is 7.61. The first-order chi connectivity index (χ1) is 9.33. The molecule has 1 rings (SSSR count). The number of carbonyl (C=O) groups is 2. The maximum Gasteiger partial charge on any atom is 0.304 e. The molecule has 0 aromatic carbocycles. The number of aliphatic carboxylic acids is 2. The standard InChI is InChI=1S/C6H12O2.2C3H6O2S/c7-5-1-2-6(8)4-3-5;2*4-3(5)1-2-6/h5-8H,1-4H2;2*6H,1-2H2,(H,4,5). The van der Waals surface area contributed by atoms with E-state index in [1.54, 1.807) is 0 Å². The lowest BCUT2D eigenvalue weighted by molar-refractivity contribution is -0.137. The van der Waals surface area contributed by atoms with Gasteiger partial charge < -0.3 is 20.4 Å². The Morgan fingerprint density at radius 3 is 1.15 bits per heavy atom. The molecule has 1 saturated carbocycles. The van der Waals surface area contributed by atoms with Crippen LogP contribution in [0.2, 0.25) is 0 Å². The summed E-state index contributed by atoms with van der Waals surface area (Å²) >= 11 is 7.36. The summed E-state index contributed by atoms with van der Waals surface area (Å²) in [7, 11) is 0. The molecule has 1 aliphatic carbocycles. The molecular weight excluding hydrogens is 304 g/mol. The third-order valence-corrected chi connectivity index (χ3v) is 2.76. The van der Waals surface area contributed by atoms with E-state index in [0.29, 0.717) is 11.5 Å². The van der Waals surface area contributed by atoms with Crippen LogP contribution in [0.1, 0.15) is 38.5 Å². The molecule has 0 radical (unpaired) electrons. The Kier molecular flexibility index (Phi) is 16.3. The van der Waals surface area contributed by atoms with E-state index >= 15 is 0 Å². The third-order valence-electron chi connectivity index (χ3n) is 2.32. The summed E-state index contributed by atoms with van der Waals surface area (Å²) < 4.78 is 0. The first-order valence-electron chi connectivity index (χ1n) is 6.34. The van der Waals surface area contributed by atoms with Gasteiger partial charge in [-0.15, -0.1) is 0 Å². The van der Waals surface area contributed by atoms with Gasteiger partial charge in [-0.25, -0.2) is 0 Å². The Morgan fingerprint density at radius 2 is 1.05 bits per heavy atom. The highest BCUT2D eigenvalue weighted by atomic mass is 32.1. The van der Waals surface area contributed by atoms with Crippen LogP contribution >= 0.6 is 25.3 Å². The highest BCUT2D eigenvalue weighted by Gasteiger charge is 2.15. The molecule has 0 heterocycles. The second-order valence-corrected chi connectivity index (χ2v) is 5.09. The van der Waals surface area contributed by atoms with Crippen LogP contribution in [0, 0.1) is 0 Å². The predicted octanol–water partition coefficient (Wildman–Crippen LogP) is 1.06. The molecule has 0 bridgehead atoms. The van der Waals surface area contributed by atoms with E-state index in [4.69, 9.17) is 20.4 Å². The summed E-state index contributed by atoms with van der Waals surface area (Å²) in [6, 6.07) is 0. The molecule has 120 valence electrons. The number of rotatable bonds is 4. The zero-order chi connectivity index (χ0) is 16.0. The smallest absolute Gasteiger partial charge is 0.304 e. The fraction of sp³-hybridized carbons (Fsp3) is 0.833. The maximum atomic E-state index is 9.55. The summed E-state index contributed by atoms with van der Waals surface area (Å²) in [5.74, 6) is -0.722. The zero-order valence-electron chi connectivity index (χ0n) is 11.3. The molecular formula is C12H24O6S2. The van der Waals surface area contributed by atoms with Gasteiger partial charge in [-0.2, -0.15) is 25.3 Å². The SMILES string of the molecule is O=C(O)CCS.O=C(O)CCS.OC1CCC(O)CC1. The normalized spacial score (nSPS) is 20.8. The van der Waals surface area contributed by atoms with Crippen LogP contribution < -0.4 is 0 Å². The predicted molar refractivity (Wildman–Crippen MR) is 82.7 cm³/mol. The molecule has 20 heavy (non-hydrogen) atoms. The molecule has 0 aliphatic heterocycles. The van der Waals surface area contributed by atoms with Crippen molar-refractivity contribution in [2.75, 3.05) is 11.5 Å². The third kappa shape index (κ3) is 19.9. The van der Waals surface area contributed by atoms with Gasteiger partial charge in [-0.05, 0) is 25.7 Å². The number of hydrogen-bond donors (Lipinski definition) is 6. The lowest BCUT2D eigenvalue weighted by Crippen LogP contribution is -2.21. The molecule has 0 aromatic rings. The van der Waals surface area contributed by atoms with Crippen molar-refractivity contribution < 1.29 is 30.0 Å². The fourth-order valence-corrected chi connectivity index (χ4v) is 1.63. The monoisotopic (exact) mass is 328 g/mol. The minimum absolute atomic E-state index is 0.140. The van der Waals surface area contributed by atoms with Gasteiger partial charge in [0.25, 0.3) is 0 Å². The molecule has 1 fully saturated rings. The number of aliphatic hydroxyl groups is 2. The molecule has 0 spiro atoms. The Morgan fingerprint density at radius 1 is 0.800 bits per heavy atom. The van der Waals surface area contributed by atoms with E-state index in [0.717, 1.165) is 25.7 Å². The molecule has 4 N–H and O–H groups in total. The Balaban J connectivity index is 0. The largest absolute Gasteiger partial charge is 0.481 e. The van der Waals surface area contributed by atoms with Gasteiger partial charge in [0.2, 0.25) is 0 Å². The summed E-state index contributed by atoms with van der Waals surface area (Å²) in [5, 5.41) is 33.6. The van der Waals surface area contributed by atoms with Gasteiger partial charge in [0.05, 0.1) is 25.0 Å². The minimum atomic E-state index is -0.787. The molecule has 0 amide bonds. The van der Waals surface area contributed by atoms with Crippen molar-refractivity contribution in [3.63, 3.8) is 0 Å². The molecule has 8 heteroatoms. The van der Waals surface area contributed by atoms with Crippen molar-refractivity contribution in [1.29, 1.82) is 0 Å². The van der Waals surface area contributed by atoms with Gasteiger partial charge in [-0.1, -0.05) is 0 Å². The number of hydrogen-bond acceptors (Lipinski definition) is 6. The maximum absolute atomic E-state index is 9.55. The highest BCUT2D eigenvalue weighted by molar-refractivity contribution is 7.80. The van der Waals surface area contributed by atoms with Gasteiger partial charge >= 0.3 is 11.9 Å². The van der Waals surface area contributed by atoms with E-state index in [1.165, 1.54) is 0 Å². The van der Waals surface area contributed by atoms with Crippen molar-refractivity contribution in [2.24, 2.45) is 0 Å². The summed E-state index contributed by atoms with van der Waals surface area (Å²) in [6.07, 6.45) is 3.15. The molecule has 6 nitrogen and oxygen atoms in total. The van der Waals surface area contributed by atoms with E-state index in [2.05, 4.69) is 25.3 Å². The van der Waals surface area contributed by atoms with E-state index < -0.39 is 11.9 Å². The lowest BCUT2D eigenvalue weighted by Gasteiger charge is -2.20. The fourth-order valence-electron chi connectivity index (χ4n) is 1.25. The minimum Gasteiger partial charge on any atom is -0.481 e. The first kappa shape index (κ1) is 21.9. The van der Waals surface area contributed by atoms with E-state index in [9.17, 15) is 9.59 Å². The van der Waals surface area contributed by atoms with Crippen molar-refractivity contribution >= 4 is 37.2 Å². The quantitative estimate of drug-likeness (QED) is 0.430. The van der Waals surface area contributed by atoms with Crippen LogP contribution in [0.5, 0.6) is 0 Å². The number of aliphatic hydroxyl groups excluding tert-OH is 2. The second-order valence-electron chi connectivity index (χ2n) is 4.20. The van der Waals surface area contributed by atoms with Crippen LogP contribution in [0.15, 0.2) is 0 Å². The van der Waals surface area contributed by atoms with Gasteiger partial charge in [0, 0.05) is 11.5 Å². The Hall–Kier alpha value is -0.440. The Bertz CT molecular complexity index is 228. The van der Waals surface area contributed by atoms with Crippen molar-refractivity contribution in [2.45, 2.75) is 50.7 Å². The molecule has 0 unspecified atom stereocenters. The molecule has 0 saturated heterocycles. The van der Waals surface area contributed by atoms with Crippen LogP contribution in [-0.2, 0) is 9.59 Å². The molecule has 0 aromatic heterocycles. The average Bonchev–Trinajstić information content (AvgIpc) is 2.34. The number of carboxylic acids is 2. The topological polar surface area (TPSA) is 115 Å². The highest BCUT2D eigenvalue weighted by Crippen LogP contribution is 2.17. The van der Waals surface area contributed by atoms with E-state index in [-0.39, 0.29) is 25.0 Å². The number of carboxylic acid groups (broad SMARTS) is 2. The summed E-state index contributed by atoms with van der Waals surface area (Å²) in [5.41, 5.74) is 0. The second kappa shape index (κ2) is 15.0.